The van der Waals surface area contributed by atoms with Gasteiger partial charge in [0.25, 0.3) is 0 Å². The largest absolute Gasteiger partial charge is 0.496 e. The van der Waals surface area contributed by atoms with Crippen LogP contribution in [0.5, 0.6) is 5.75 Å². The van der Waals surface area contributed by atoms with Crippen LogP contribution in [0.3, 0.4) is 0 Å². The van der Waals surface area contributed by atoms with Crippen molar-refractivity contribution in [2.24, 2.45) is 0 Å². The van der Waals surface area contributed by atoms with Crippen LogP contribution in [0, 0.1) is 13.8 Å². The molecule has 0 radical (unpaired) electrons. The highest BCUT2D eigenvalue weighted by Gasteiger charge is 2.24. The molecule has 0 spiro atoms. The summed E-state index contributed by atoms with van der Waals surface area (Å²) in [5.74, 6) is 0.935. The van der Waals surface area contributed by atoms with E-state index in [0.29, 0.717) is 48.9 Å². The van der Waals surface area contributed by atoms with Gasteiger partial charge in [-0.1, -0.05) is 35.5 Å². The van der Waals surface area contributed by atoms with Crippen molar-refractivity contribution >= 4 is 22.0 Å². The Hall–Kier alpha value is -3.95. The van der Waals surface area contributed by atoms with Crippen LogP contribution in [0.15, 0.2) is 56.2 Å². The van der Waals surface area contributed by atoms with Crippen molar-refractivity contribution in [2.45, 2.75) is 26.9 Å². The first kappa shape index (κ1) is 23.4. The number of pyridine rings is 1. The van der Waals surface area contributed by atoms with Crippen molar-refractivity contribution in [3.05, 3.63) is 75.7 Å². The van der Waals surface area contributed by atoms with Gasteiger partial charge in [0.15, 0.2) is 5.58 Å². The number of hydrogen-bond donors (Lipinski definition) is 0. The van der Waals surface area contributed by atoms with Crippen LogP contribution in [-0.4, -0.2) is 53.0 Å². The zero-order valence-electron chi connectivity index (χ0n) is 21.1. The highest BCUT2D eigenvalue weighted by atomic mass is 16.5. The van der Waals surface area contributed by atoms with Crippen LogP contribution in [-0.2, 0) is 17.8 Å². The summed E-state index contributed by atoms with van der Waals surface area (Å²) in [6.45, 7) is 7.66. The number of hydrogen-bond acceptors (Lipinski definition) is 8. The van der Waals surface area contributed by atoms with Crippen molar-refractivity contribution in [2.75, 3.05) is 33.4 Å². The van der Waals surface area contributed by atoms with Gasteiger partial charge in [0.2, 0.25) is 0 Å². The van der Waals surface area contributed by atoms with Crippen LogP contribution in [0.1, 0.15) is 22.7 Å². The van der Waals surface area contributed by atoms with Crippen molar-refractivity contribution in [1.82, 2.24) is 19.6 Å². The number of aryl methyl sites for hydroxylation is 2. The summed E-state index contributed by atoms with van der Waals surface area (Å²) in [6.07, 6.45) is 0. The van der Waals surface area contributed by atoms with Gasteiger partial charge in [-0.3, -0.25) is 9.47 Å². The minimum atomic E-state index is -0.412. The molecule has 37 heavy (non-hydrogen) atoms. The summed E-state index contributed by atoms with van der Waals surface area (Å²) in [7, 11) is 1.63. The lowest BCUT2D eigenvalue weighted by Gasteiger charge is -2.26. The van der Waals surface area contributed by atoms with E-state index in [1.807, 2.05) is 56.3 Å². The third-order valence-electron chi connectivity index (χ3n) is 6.95. The Morgan fingerprint density at radius 1 is 1.05 bits per heavy atom. The summed E-state index contributed by atoms with van der Waals surface area (Å²) in [6, 6.07) is 13.8. The summed E-state index contributed by atoms with van der Waals surface area (Å²) in [4.78, 5) is 20.5. The molecule has 0 unspecified atom stereocenters. The van der Waals surface area contributed by atoms with E-state index in [-0.39, 0.29) is 0 Å². The van der Waals surface area contributed by atoms with Gasteiger partial charge in [-0.15, -0.1) is 0 Å². The van der Waals surface area contributed by atoms with Gasteiger partial charge >= 0.3 is 5.76 Å². The minimum Gasteiger partial charge on any atom is -0.496 e. The van der Waals surface area contributed by atoms with Crippen LogP contribution in [0.2, 0.25) is 0 Å². The molecule has 4 heterocycles. The Morgan fingerprint density at radius 2 is 1.84 bits per heavy atom. The number of ether oxygens (including phenoxy) is 2. The Morgan fingerprint density at radius 3 is 2.54 bits per heavy atom. The van der Waals surface area contributed by atoms with E-state index in [2.05, 4.69) is 10.1 Å². The lowest BCUT2D eigenvalue weighted by molar-refractivity contribution is 0.0337. The molecule has 1 saturated heterocycles. The maximum atomic E-state index is 13.2. The molecule has 3 aromatic heterocycles. The highest BCUT2D eigenvalue weighted by Crippen LogP contribution is 2.39. The van der Waals surface area contributed by atoms with Crippen LogP contribution < -0.4 is 10.5 Å². The summed E-state index contributed by atoms with van der Waals surface area (Å²) >= 11 is 0. The van der Waals surface area contributed by atoms with Crippen molar-refractivity contribution in [3.8, 4) is 16.9 Å². The zero-order valence-corrected chi connectivity index (χ0v) is 21.1. The average Bonchev–Trinajstić information content (AvgIpc) is 3.42. The first-order chi connectivity index (χ1) is 18.0. The van der Waals surface area contributed by atoms with E-state index in [9.17, 15) is 4.79 Å². The van der Waals surface area contributed by atoms with Crippen molar-refractivity contribution < 1.29 is 18.4 Å². The summed E-state index contributed by atoms with van der Waals surface area (Å²) in [5, 5.41) is 4.91. The quantitative estimate of drug-likeness (QED) is 0.341. The predicted molar refractivity (Wildman–Crippen MR) is 139 cm³/mol. The molecule has 1 aliphatic heterocycles. The molecule has 190 valence electrons. The fourth-order valence-corrected chi connectivity index (χ4v) is 5.13. The van der Waals surface area contributed by atoms with Crippen molar-refractivity contribution in [3.63, 3.8) is 0 Å². The highest BCUT2D eigenvalue weighted by molar-refractivity contribution is 6.05. The third kappa shape index (κ3) is 4.20. The molecule has 0 atom stereocenters. The van der Waals surface area contributed by atoms with E-state index in [0.717, 1.165) is 52.1 Å². The van der Waals surface area contributed by atoms with E-state index in [1.165, 1.54) is 0 Å². The van der Waals surface area contributed by atoms with Gasteiger partial charge in [-0.2, -0.15) is 0 Å². The van der Waals surface area contributed by atoms with Gasteiger partial charge in [-0.05, 0) is 31.5 Å². The number of methoxy groups -OCH3 is 1. The standard InChI is InChI=1S/C28H28N4O5/c1-17-25(18(2)37-30-17)21-13-22-20(14-24(21)34-3)26-27(23(29-22)16-31-9-11-35-12-10-31)36-28(33)32(26)15-19-7-5-4-6-8-19/h4-8,13-14H,9-12,15-16H2,1-3H3. The molecule has 9 heteroatoms. The van der Waals surface area contributed by atoms with Gasteiger partial charge in [0, 0.05) is 30.6 Å². The topological polar surface area (TPSA) is 95.8 Å². The van der Waals surface area contributed by atoms with E-state index >= 15 is 0 Å². The number of benzene rings is 2. The maximum Gasteiger partial charge on any atom is 0.420 e. The van der Waals surface area contributed by atoms with Gasteiger partial charge in [0.1, 0.15) is 22.7 Å². The molecule has 0 aliphatic carbocycles. The molecule has 0 amide bonds. The predicted octanol–water partition coefficient (Wildman–Crippen LogP) is 4.30. The Labute approximate surface area is 213 Å². The molecule has 0 saturated carbocycles. The molecule has 0 N–H and O–H groups in total. The van der Waals surface area contributed by atoms with Crippen LogP contribution in [0.4, 0.5) is 0 Å². The number of morpholine rings is 1. The lowest BCUT2D eigenvalue weighted by Crippen LogP contribution is -2.35. The Bertz CT molecular complexity index is 1630. The lowest BCUT2D eigenvalue weighted by atomic mass is 10.00. The Kier molecular flexibility index (Phi) is 6.02. The molecular weight excluding hydrogens is 472 g/mol. The molecular formula is C28H28N4O5. The third-order valence-corrected chi connectivity index (χ3v) is 6.95. The molecule has 9 nitrogen and oxygen atoms in total. The summed E-state index contributed by atoms with van der Waals surface area (Å²) in [5.41, 5.74) is 6.19. The molecule has 1 aliphatic rings. The molecule has 6 rings (SSSR count). The fraction of sp³-hybridized carbons (Fsp3) is 0.321. The first-order valence-corrected chi connectivity index (χ1v) is 12.3. The van der Waals surface area contributed by atoms with Crippen LogP contribution >= 0.6 is 0 Å². The second-order valence-electron chi connectivity index (χ2n) is 9.33. The zero-order chi connectivity index (χ0) is 25.5. The van der Waals surface area contributed by atoms with Crippen molar-refractivity contribution in [1.29, 1.82) is 0 Å². The number of aromatic nitrogens is 3. The summed E-state index contributed by atoms with van der Waals surface area (Å²) < 4.78 is 24.4. The number of nitrogens with zero attached hydrogens (tertiary/aromatic N) is 4. The molecule has 2 aromatic carbocycles. The minimum absolute atomic E-state index is 0.386. The van der Waals surface area contributed by atoms with E-state index in [1.54, 1.807) is 11.7 Å². The molecule has 1 fully saturated rings. The number of rotatable bonds is 6. The number of fused-ring (bicyclic) bond motifs is 3. The smallest absolute Gasteiger partial charge is 0.420 e. The SMILES string of the molecule is COc1cc2c(cc1-c1c(C)noc1C)nc(CN1CCOCC1)c1oc(=O)n(Cc3ccccc3)c12. The maximum absolute atomic E-state index is 13.2. The Balaban J connectivity index is 1.62. The van der Waals surface area contributed by atoms with E-state index < -0.39 is 5.76 Å². The average molecular weight is 501 g/mol. The molecule has 0 bridgehead atoms. The second kappa shape index (κ2) is 9.49. The molecule has 5 aromatic rings. The normalized spacial score (nSPS) is 14.6. The van der Waals surface area contributed by atoms with Crippen LogP contribution in [0.25, 0.3) is 33.1 Å². The van der Waals surface area contributed by atoms with Gasteiger partial charge in [-0.25, -0.2) is 9.78 Å². The van der Waals surface area contributed by atoms with Gasteiger partial charge in [0.05, 0.1) is 43.6 Å². The first-order valence-electron chi connectivity index (χ1n) is 12.3. The van der Waals surface area contributed by atoms with E-state index in [4.69, 9.17) is 23.4 Å². The van der Waals surface area contributed by atoms with Gasteiger partial charge < -0.3 is 18.4 Å². The monoisotopic (exact) mass is 500 g/mol. The fourth-order valence-electron chi connectivity index (χ4n) is 5.13. The number of oxazole rings is 1. The second-order valence-corrected chi connectivity index (χ2v) is 9.33.